The van der Waals surface area contributed by atoms with Gasteiger partial charge in [-0.3, -0.25) is 0 Å². The van der Waals surface area contributed by atoms with Gasteiger partial charge in [0.2, 0.25) is 10.0 Å². The third kappa shape index (κ3) is 3.54. The molecule has 1 aliphatic rings. The van der Waals surface area contributed by atoms with E-state index < -0.39 is 10.0 Å². The molecule has 0 amide bonds. The van der Waals surface area contributed by atoms with Gasteiger partial charge in [0, 0.05) is 31.7 Å². The van der Waals surface area contributed by atoms with Crippen LogP contribution in [0.5, 0.6) is 0 Å². The Kier molecular flexibility index (Phi) is 5.21. The molecule has 1 fully saturated rings. The lowest BCUT2D eigenvalue weighted by Crippen LogP contribution is -2.48. The molecule has 0 radical (unpaired) electrons. The molecule has 1 aliphatic heterocycles. The van der Waals surface area contributed by atoms with Crippen LogP contribution in [0.4, 0.5) is 0 Å². The van der Waals surface area contributed by atoms with Crippen molar-refractivity contribution in [2.45, 2.75) is 11.8 Å². The predicted molar refractivity (Wildman–Crippen MR) is 88.2 cm³/mol. The lowest BCUT2D eigenvalue weighted by atomic mass is 10.2. The Morgan fingerprint density at radius 1 is 1.33 bits per heavy atom. The maximum absolute atomic E-state index is 12.6. The van der Waals surface area contributed by atoms with Crippen LogP contribution in [0, 0.1) is 0 Å². The van der Waals surface area contributed by atoms with E-state index in [1.807, 2.05) is 0 Å². The highest BCUT2D eigenvalue weighted by atomic mass is 35.5. The number of nitrogens with two attached hydrogens (primary N) is 1. The van der Waals surface area contributed by atoms with Crippen molar-refractivity contribution in [2.24, 2.45) is 5.73 Å². The topological polar surface area (TPSA) is 66.6 Å². The van der Waals surface area contributed by atoms with Gasteiger partial charge in [0.05, 0.1) is 5.02 Å². The Balaban J connectivity index is 2.26. The van der Waals surface area contributed by atoms with Crippen molar-refractivity contribution < 1.29 is 8.42 Å². The van der Waals surface area contributed by atoms with Crippen molar-refractivity contribution >= 4 is 38.8 Å². The number of likely N-dealkylation sites (N-methyl/N-ethyl adjacent to an activating group) is 1. The summed E-state index contributed by atoms with van der Waals surface area (Å²) in [6.45, 7) is 5.41. The smallest absolute Gasteiger partial charge is 0.244 e. The Hall–Kier alpha value is -0.730. The molecule has 5 nitrogen and oxygen atoms in total. The van der Waals surface area contributed by atoms with Crippen molar-refractivity contribution in [2.75, 3.05) is 32.7 Å². The van der Waals surface area contributed by atoms with Crippen LogP contribution in [0.1, 0.15) is 12.5 Å². The van der Waals surface area contributed by atoms with E-state index in [0.29, 0.717) is 18.7 Å². The van der Waals surface area contributed by atoms with Crippen LogP contribution in [0.15, 0.2) is 23.1 Å². The highest BCUT2D eigenvalue weighted by molar-refractivity contribution is 7.89. The van der Waals surface area contributed by atoms with Crippen LogP contribution < -0.4 is 5.73 Å². The minimum atomic E-state index is -3.58. The Morgan fingerprint density at radius 3 is 2.43 bits per heavy atom. The summed E-state index contributed by atoms with van der Waals surface area (Å²) in [6.07, 6.45) is 0. The Labute approximate surface area is 135 Å². The van der Waals surface area contributed by atoms with Gasteiger partial charge in [0.1, 0.15) is 9.88 Å². The zero-order valence-electron chi connectivity index (χ0n) is 11.8. The average Bonchev–Trinajstić information content (AvgIpc) is 2.46. The molecule has 1 aromatic carbocycles. The molecule has 0 aromatic heterocycles. The van der Waals surface area contributed by atoms with Gasteiger partial charge >= 0.3 is 0 Å². The molecule has 21 heavy (non-hydrogen) atoms. The van der Waals surface area contributed by atoms with Gasteiger partial charge in [-0.15, -0.1) is 0 Å². The van der Waals surface area contributed by atoms with Crippen LogP contribution in [0.3, 0.4) is 0 Å². The number of halogens is 1. The van der Waals surface area contributed by atoms with Gasteiger partial charge < -0.3 is 10.6 Å². The summed E-state index contributed by atoms with van der Waals surface area (Å²) >= 11 is 11.0. The van der Waals surface area contributed by atoms with Gasteiger partial charge in [-0.2, -0.15) is 4.31 Å². The van der Waals surface area contributed by atoms with E-state index in [4.69, 9.17) is 29.6 Å². The molecule has 2 N–H and O–H groups in total. The lowest BCUT2D eigenvalue weighted by Gasteiger charge is -2.33. The lowest BCUT2D eigenvalue weighted by molar-refractivity contribution is 0.196. The van der Waals surface area contributed by atoms with Crippen LogP contribution in [-0.4, -0.2) is 55.3 Å². The van der Waals surface area contributed by atoms with Crippen molar-refractivity contribution in [3.05, 3.63) is 28.8 Å². The first-order valence-corrected chi connectivity index (χ1v) is 8.90. The fourth-order valence-electron chi connectivity index (χ4n) is 2.29. The van der Waals surface area contributed by atoms with Crippen molar-refractivity contribution in [3.8, 4) is 0 Å². The summed E-state index contributed by atoms with van der Waals surface area (Å²) in [6, 6.07) is 4.56. The summed E-state index contributed by atoms with van der Waals surface area (Å²) in [5.41, 5.74) is 6.08. The first kappa shape index (κ1) is 16.6. The molecule has 2 rings (SSSR count). The zero-order chi connectivity index (χ0) is 15.6. The van der Waals surface area contributed by atoms with Crippen molar-refractivity contribution in [3.63, 3.8) is 0 Å². The second-order valence-corrected chi connectivity index (χ2v) is 7.60. The maximum atomic E-state index is 12.6. The number of piperazine rings is 1. The van der Waals surface area contributed by atoms with E-state index in [-0.39, 0.29) is 14.9 Å². The first-order chi connectivity index (χ1) is 9.86. The van der Waals surface area contributed by atoms with E-state index in [0.717, 1.165) is 19.6 Å². The molecule has 0 bridgehead atoms. The number of sulfonamides is 1. The molecule has 0 atom stereocenters. The largest absolute Gasteiger partial charge is 0.389 e. The Bertz CT molecular complexity index is 641. The number of hydrogen-bond acceptors (Lipinski definition) is 4. The SMILES string of the molecule is CCN1CCN(S(=O)(=O)c2ccc(C(N)=S)cc2Cl)CC1. The number of benzene rings is 1. The number of thiocarbonyl (C=S) groups is 1. The number of rotatable bonds is 4. The van der Waals surface area contributed by atoms with Crippen molar-refractivity contribution in [1.82, 2.24) is 9.21 Å². The normalized spacial score (nSPS) is 17.8. The second-order valence-electron chi connectivity index (χ2n) is 4.85. The molecule has 1 saturated heterocycles. The van der Waals surface area contributed by atoms with Gasteiger partial charge in [-0.1, -0.05) is 36.8 Å². The van der Waals surface area contributed by atoms with Crippen LogP contribution >= 0.6 is 23.8 Å². The molecule has 1 aromatic rings. The van der Waals surface area contributed by atoms with Crippen LogP contribution in [-0.2, 0) is 10.0 Å². The van der Waals surface area contributed by atoms with Crippen LogP contribution in [0.25, 0.3) is 0 Å². The minimum Gasteiger partial charge on any atom is -0.389 e. The van der Waals surface area contributed by atoms with Gasteiger partial charge in [0.15, 0.2) is 0 Å². The van der Waals surface area contributed by atoms with Gasteiger partial charge in [-0.25, -0.2) is 8.42 Å². The summed E-state index contributed by atoms with van der Waals surface area (Å²) in [5, 5.41) is 0.151. The average molecular weight is 348 g/mol. The van der Waals surface area contributed by atoms with Gasteiger partial charge in [-0.05, 0) is 18.7 Å². The number of nitrogens with zero attached hydrogens (tertiary/aromatic N) is 2. The molecule has 0 aliphatic carbocycles. The van der Waals surface area contributed by atoms with Gasteiger partial charge in [0.25, 0.3) is 0 Å². The van der Waals surface area contributed by atoms with E-state index >= 15 is 0 Å². The standard InChI is InChI=1S/C13H18ClN3O2S2/c1-2-16-5-7-17(8-6-16)21(18,19)12-4-3-10(13(15)20)9-11(12)14/h3-4,9H,2,5-8H2,1H3,(H2,15,20). The van der Waals surface area contributed by atoms with E-state index in [2.05, 4.69) is 11.8 Å². The number of hydrogen-bond donors (Lipinski definition) is 1. The van der Waals surface area contributed by atoms with Crippen molar-refractivity contribution in [1.29, 1.82) is 0 Å². The Morgan fingerprint density at radius 2 is 1.95 bits per heavy atom. The summed E-state index contributed by atoms with van der Waals surface area (Å²) in [4.78, 5) is 2.51. The molecule has 0 spiro atoms. The predicted octanol–water partition coefficient (Wildman–Crippen LogP) is 1.30. The minimum absolute atomic E-state index is 0.106. The second kappa shape index (κ2) is 6.58. The fraction of sp³-hybridized carbons (Fsp3) is 0.462. The fourth-order valence-corrected chi connectivity index (χ4v) is 4.36. The van der Waals surface area contributed by atoms with E-state index in [1.54, 1.807) is 6.07 Å². The first-order valence-electron chi connectivity index (χ1n) is 6.68. The molecule has 0 unspecified atom stereocenters. The summed E-state index contributed by atoms with van der Waals surface area (Å²) in [5.74, 6) is 0. The molecule has 1 heterocycles. The quantitative estimate of drug-likeness (QED) is 0.832. The highest BCUT2D eigenvalue weighted by Gasteiger charge is 2.29. The highest BCUT2D eigenvalue weighted by Crippen LogP contribution is 2.26. The van der Waals surface area contributed by atoms with E-state index in [1.165, 1.54) is 16.4 Å². The summed E-state index contributed by atoms with van der Waals surface area (Å²) < 4.78 is 26.8. The summed E-state index contributed by atoms with van der Waals surface area (Å²) in [7, 11) is -3.58. The molecule has 0 saturated carbocycles. The molecule has 8 heteroatoms. The van der Waals surface area contributed by atoms with E-state index in [9.17, 15) is 8.42 Å². The monoisotopic (exact) mass is 347 g/mol. The third-order valence-electron chi connectivity index (χ3n) is 3.61. The molecular weight excluding hydrogens is 330 g/mol. The third-order valence-corrected chi connectivity index (χ3v) is 6.23. The zero-order valence-corrected chi connectivity index (χ0v) is 14.1. The molecular formula is C13H18ClN3O2S2. The maximum Gasteiger partial charge on any atom is 0.244 e. The molecule has 116 valence electrons. The van der Waals surface area contributed by atoms with Crippen LogP contribution in [0.2, 0.25) is 5.02 Å².